The van der Waals surface area contributed by atoms with Crippen LogP contribution in [0.3, 0.4) is 0 Å². The van der Waals surface area contributed by atoms with E-state index >= 15 is 0 Å². The van der Waals surface area contributed by atoms with Crippen LogP contribution in [0.25, 0.3) is 0 Å². The Labute approximate surface area is 124 Å². The lowest BCUT2D eigenvalue weighted by Gasteiger charge is -2.14. The Hall–Kier alpha value is -2.05. The summed E-state index contributed by atoms with van der Waals surface area (Å²) in [5.74, 6) is -1.00. The first-order valence-corrected chi connectivity index (χ1v) is 7.22. The molecule has 3 N–H and O–H groups in total. The van der Waals surface area contributed by atoms with Crippen LogP contribution in [0.15, 0.2) is 6.07 Å². The van der Waals surface area contributed by atoms with Gasteiger partial charge in [-0.25, -0.2) is 9.59 Å². The van der Waals surface area contributed by atoms with E-state index in [1.807, 2.05) is 31.5 Å². The minimum atomic E-state index is -1.00. The molecule has 118 valence electrons. The number of aryl methyl sites for hydroxylation is 3. The molecule has 1 aromatic rings. The molecule has 1 heterocycles. The Balaban J connectivity index is 2.27. The Bertz CT molecular complexity index is 485. The Morgan fingerprint density at radius 3 is 2.67 bits per heavy atom. The normalized spacial score (nSPS) is 12.0. The number of carbonyl (C=O) groups excluding carboxylic acids is 1. The number of urea groups is 1. The zero-order chi connectivity index (χ0) is 15.8. The van der Waals surface area contributed by atoms with Crippen molar-refractivity contribution in [3.05, 3.63) is 17.5 Å². The molecule has 1 atom stereocenters. The second-order valence-electron chi connectivity index (χ2n) is 5.08. The molecule has 0 saturated heterocycles. The number of hydrogen-bond acceptors (Lipinski definition) is 3. The minimum Gasteiger partial charge on any atom is -0.480 e. The van der Waals surface area contributed by atoms with Crippen molar-refractivity contribution in [1.29, 1.82) is 0 Å². The predicted molar refractivity (Wildman–Crippen MR) is 79.2 cm³/mol. The van der Waals surface area contributed by atoms with Crippen LogP contribution in [0.4, 0.5) is 4.79 Å². The largest absolute Gasteiger partial charge is 0.480 e. The first-order valence-electron chi connectivity index (χ1n) is 7.22. The first kappa shape index (κ1) is 17.0. The zero-order valence-corrected chi connectivity index (χ0v) is 12.8. The summed E-state index contributed by atoms with van der Waals surface area (Å²) in [6.45, 7) is 7.00. The fraction of sp³-hybridized carbons (Fsp3) is 0.643. The van der Waals surface area contributed by atoms with E-state index in [4.69, 9.17) is 5.11 Å². The van der Waals surface area contributed by atoms with Crippen LogP contribution in [-0.4, -0.2) is 39.5 Å². The van der Waals surface area contributed by atoms with E-state index in [2.05, 4.69) is 15.7 Å². The summed E-state index contributed by atoms with van der Waals surface area (Å²) in [5.41, 5.74) is 2.06. The van der Waals surface area contributed by atoms with E-state index in [9.17, 15) is 9.59 Å². The highest BCUT2D eigenvalue weighted by Gasteiger charge is 2.18. The van der Waals surface area contributed by atoms with E-state index in [0.717, 1.165) is 24.4 Å². The maximum absolute atomic E-state index is 11.6. The van der Waals surface area contributed by atoms with Crippen molar-refractivity contribution in [3.63, 3.8) is 0 Å². The van der Waals surface area contributed by atoms with Gasteiger partial charge in [0.2, 0.25) is 0 Å². The number of aliphatic carboxylic acids is 1. The van der Waals surface area contributed by atoms with Crippen LogP contribution in [0.5, 0.6) is 0 Å². The van der Waals surface area contributed by atoms with Gasteiger partial charge in [0.25, 0.3) is 0 Å². The summed E-state index contributed by atoms with van der Waals surface area (Å²) in [6.07, 6.45) is 1.87. The standard InChI is InChI=1S/C14H24N4O3/c1-4-6-12(13(19)20)16-14(21)15-7-5-8-18-11(3)9-10(2)17-18/h9,12H,4-8H2,1-3H3,(H,19,20)(H2,15,16,21). The molecule has 0 aliphatic rings. The van der Waals surface area contributed by atoms with Crippen molar-refractivity contribution in [3.8, 4) is 0 Å². The van der Waals surface area contributed by atoms with Gasteiger partial charge in [-0.2, -0.15) is 5.10 Å². The highest BCUT2D eigenvalue weighted by molar-refractivity contribution is 5.82. The molecular weight excluding hydrogens is 272 g/mol. The zero-order valence-electron chi connectivity index (χ0n) is 12.8. The van der Waals surface area contributed by atoms with Crippen molar-refractivity contribution >= 4 is 12.0 Å². The SMILES string of the molecule is CCCC(NC(=O)NCCCn1nc(C)cc1C)C(=O)O. The van der Waals surface area contributed by atoms with E-state index in [0.29, 0.717) is 19.4 Å². The molecule has 7 heteroatoms. The number of nitrogens with zero attached hydrogens (tertiary/aromatic N) is 2. The minimum absolute atomic E-state index is 0.425. The van der Waals surface area contributed by atoms with Crippen LogP contribution in [0, 0.1) is 13.8 Å². The van der Waals surface area contributed by atoms with Crippen LogP contribution < -0.4 is 10.6 Å². The van der Waals surface area contributed by atoms with E-state index in [1.54, 1.807) is 0 Å². The number of aromatic nitrogens is 2. The number of carboxylic acids is 1. The summed E-state index contributed by atoms with van der Waals surface area (Å²) >= 11 is 0. The fourth-order valence-corrected chi connectivity index (χ4v) is 2.09. The number of nitrogens with one attached hydrogen (secondary N) is 2. The molecule has 2 amide bonds. The van der Waals surface area contributed by atoms with Gasteiger partial charge in [-0.1, -0.05) is 13.3 Å². The van der Waals surface area contributed by atoms with E-state index < -0.39 is 18.0 Å². The quantitative estimate of drug-likeness (QED) is 0.632. The third-order valence-corrected chi connectivity index (χ3v) is 3.12. The second-order valence-corrected chi connectivity index (χ2v) is 5.08. The maximum atomic E-state index is 11.6. The lowest BCUT2D eigenvalue weighted by atomic mass is 10.2. The number of carboxylic acid groups (broad SMARTS) is 1. The number of hydrogen-bond donors (Lipinski definition) is 3. The summed E-state index contributed by atoms with van der Waals surface area (Å²) in [7, 11) is 0. The Morgan fingerprint density at radius 1 is 1.43 bits per heavy atom. The van der Waals surface area contributed by atoms with Gasteiger partial charge < -0.3 is 15.7 Å². The molecular formula is C14H24N4O3. The molecule has 0 spiro atoms. The number of amides is 2. The van der Waals surface area contributed by atoms with Gasteiger partial charge in [-0.15, -0.1) is 0 Å². The van der Waals surface area contributed by atoms with Gasteiger partial charge in [0.1, 0.15) is 6.04 Å². The van der Waals surface area contributed by atoms with Crippen molar-refractivity contribution in [2.45, 2.75) is 52.6 Å². The molecule has 0 saturated carbocycles. The molecule has 0 aromatic carbocycles. The van der Waals surface area contributed by atoms with Gasteiger partial charge in [0, 0.05) is 18.8 Å². The van der Waals surface area contributed by atoms with Gasteiger partial charge >= 0.3 is 12.0 Å². The average Bonchev–Trinajstić information content (AvgIpc) is 2.72. The molecule has 0 bridgehead atoms. The third kappa shape index (κ3) is 5.85. The first-order chi connectivity index (χ1) is 9.93. The summed E-state index contributed by atoms with van der Waals surface area (Å²) in [4.78, 5) is 22.5. The van der Waals surface area contributed by atoms with Crippen molar-refractivity contribution in [1.82, 2.24) is 20.4 Å². The van der Waals surface area contributed by atoms with Crippen molar-refractivity contribution < 1.29 is 14.7 Å². The van der Waals surface area contributed by atoms with Crippen molar-refractivity contribution in [2.24, 2.45) is 0 Å². The van der Waals surface area contributed by atoms with Gasteiger partial charge in [0.05, 0.1) is 5.69 Å². The average molecular weight is 296 g/mol. The lowest BCUT2D eigenvalue weighted by Crippen LogP contribution is -2.46. The number of carbonyl (C=O) groups is 2. The third-order valence-electron chi connectivity index (χ3n) is 3.12. The van der Waals surface area contributed by atoms with Crippen LogP contribution in [-0.2, 0) is 11.3 Å². The Kier molecular flexibility index (Phi) is 6.71. The topological polar surface area (TPSA) is 96.3 Å². The van der Waals surface area contributed by atoms with Crippen LogP contribution in [0.2, 0.25) is 0 Å². The van der Waals surface area contributed by atoms with Gasteiger partial charge in [0.15, 0.2) is 0 Å². The van der Waals surface area contributed by atoms with E-state index in [1.165, 1.54) is 0 Å². The Morgan fingerprint density at radius 2 is 2.14 bits per heavy atom. The summed E-state index contributed by atoms with van der Waals surface area (Å²) < 4.78 is 1.89. The van der Waals surface area contributed by atoms with Crippen LogP contribution >= 0.6 is 0 Å². The molecule has 0 fully saturated rings. The molecule has 0 radical (unpaired) electrons. The van der Waals surface area contributed by atoms with Crippen LogP contribution in [0.1, 0.15) is 37.6 Å². The molecule has 1 rings (SSSR count). The monoisotopic (exact) mass is 296 g/mol. The van der Waals surface area contributed by atoms with Gasteiger partial charge in [-0.05, 0) is 32.8 Å². The molecule has 1 aromatic heterocycles. The second kappa shape index (κ2) is 8.28. The molecule has 0 aliphatic heterocycles. The summed E-state index contributed by atoms with van der Waals surface area (Å²) in [6, 6.07) is 0.734. The summed E-state index contributed by atoms with van der Waals surface area (Å²) in [5, 5.41) is 18.4. The molecule has 7 nitrogen and oxygen atoms in total. The van der Waals surface area contributed by atoms with Gasteiger partial charge in [-0.3, -0.25) is 4.68 Å². The highest BCUT2D eigenvalue weighted by Crippen LogP contribution is 2.02. The predicted octanol–water partition coefficient (Wildman–Crippen LogP) is 1.44. The highest BCUT2D eigenvalue weighted by atomic mass is 16.4. The molecule has 1 unspecified atom stereocenters. The smallest absolute Gasteiger partial charge is 0.326 e. The van der Waals surface area contributed by atoms with Crippen molar-refractivity contribution in [2.75, 3.05) is 6.54 Å². The number of rotatable bonds is 8. The maximum Gasteiger partial charge on any atom is 0.326 e. The lowest BCUT2D eigenvalue weighted by molar-refractivity contribution is -0.139. The fourth-order valence-electron chi connectivity index (χ4n) is 2.09. The molecule has 21 heavy (non-hydrogen) atoms. The molecule has 0 aliphatic carbocycles. The van der Waals surface area contributed by atoms with E-state index in [-0.39, 0.29) is 0 Å².